The van der Waals surface area contributed by atoms with Gasteiger partial charge in [0, 0.05) is 24.5 Å². The Balaban J connectivity index is 1.94. The highest BCUT2D eigenvalue weighted by Gasteiger charge is 2.06. The number of aryl methyl sites for hydroxylation is 1. The molecule has 0 aliphatic heterocycles. The van der Waals surface area contributed by atoms with Crippen molar-refractivity contribution in [3.63, 3.8) is 0 Å². The summed E-state index contributed by atoms with van der Waals surface area (Å²) in [6, 6.07) is 1.60. The molecule has 0 saturated heterocycles. The number of hydrogen-bond acceptors (Lipinski definition) is 6. The number of halogens is 1. The van der Waals surface area contributed by atoms with E-state index in [4.69, 9.17) is 21.1 Å². The summed E-state index contributed by atoms with van der Waals surface area (Å²) in [5.74, 6) is 0.980. The van der Waals surface area contributed by atoms with Crippen molar-refractivity contribution in [2.24, 2.45) is 0 Å². The Morgan fingerprint density at radius 1 is 1.37 bits per heavy atom. The molecule has 0 bridgehead atoms. The summed E-state index contributed by atoms with van der Waals surface area (Å²) < 4.78 is 10.6. The summed E-state index contributed by atoms with van der Waals surface area (Å²) in [6.07, 6.45) is 0.803. The molecule has 2 aromatic heterocycles. The minimum atomic E-state index is 0.310. The lowest BCUT2D eigenvalue weighted by Gasteiger charge is -2.06. The zero-order valence-corrected chi connectivity index (χ0v) is 12.3. The highest BCUT2D eigenvalue weighted by Crippen LogP contribution is 2.16. The molecule has 2 heterocycles. The summed E-state index contributed by atoms with van der Waals surface area (Å²) >= 11 is 7.52. The Morgan fingerprint density at radius 3 is 2.89 bits per heavy atom. The Hall–Kier alpha value is -1.24. The van der Waals surface area contributed by atoms with Gasteiger partial charge in [0.15, 0.2) is 5.82 Å². The normalized spacial score (nSPS) is 10.7. The molecule has 0 fully saturated rings. The predicted molar refractivity (Wildman–Crippen MR) is 73.8 cm³/mol. The summed E-state index contributed by atoms with van der Waals surface area (Å²) in [4.78, 5) is 13.7. The third-order valence-corrected chi connectivity index (χ3v) is 3.60. The van der Waals surface area contributed by atoms with Gasteiger partial charge >= 0.3 is 0 Å². The van der Waals surface area contributed by atoms with Crippen LogP contribution in [0.4, 0.5) is 0 Å². The SMILES string of the molecule is COCc1nc(Cl)cc(OCCc2scnc2C)n1. The molecule has 19 heavy (non-hydrogen) atoms. The van der Waals surface area contributed by atoms with Gasteiger partial charge in [-0.2, -0.15) is 4.98 Å². The molecule has 0 unspecified atom stereocenters. The molecule has 0 atom stereocenters. The minimum Gasteiger partial charge on any atom is -0.477 e. The summed E-state index contributed by atoms with van der Waals surface area (Å²) in [6.45, 7) is 2.83. The van der Waals surface area contributed by atoms with Crippen LogP contribution in [-0.4, -0.2) is 28.7 Å². The van der Waals surface area contributed by atoms with E-state index >= 15 is 0 Å². The van der Waals surface area contributed by atoms with Crippen LogP contribution in [0.15, 0.2) is 11.6 Å². The van der Waals surface area contributed by atoms with Crippen LogP contribution in [0.1, 0.15) is 16.4 Å². The standard InChI is InChI=1S/C12H14ClN3O2S/c1-8-9(19-7-14-8)3-4-18-12-5-10(13)15-11(16-12)6-17-2/h5,7H,3-4,6H2,1-2H3. The second-order valence-corrected chi connectivity index (χ2v) is 5.16. The van der Waals surface area contributed by atoms with E-state index in [1.54, 1.807) is 24.5 Å². The average Bonchev–Trinajstić information content (AvgIpc) is 2.75. The molecule has 2 aromatic rings. The summed E-state index contributed by atoms with van der Waals surface area (Å²) in [5.41, 5.74) is 2.89. The van der Waals surface area contributed by atoms with Gasteiger partial charge in [0.25, 0.3) is 0 Å². The van der Waals surface area contributed by atoms with Crippen LogP contribution in [0.2, 0.25) is 5.15 Å². The molecule has 0 spiro atoms. The number of aromatic nitrogens is 3. The van der Waals surface area contributed by atoms with E-state index in [0.717, 1.165) is 12.1 Å². The quantitative estimate of drug-likeness (QED) is 0.768. The molecule has 0 saturated carbocycles. The number of thiazole rings is 1. The molecule has 7 heteroatoms. The number of methoxy groups -OCH3 is 1. The molecule has 2 rings (SSSR count). The van der Waals surface area contributed by atoms with Crippen LogP contribution in [0.5, 0.6) is 5.88 Å². The fraction of sp³-hybridized carbons (Fsp3) is 0.417. The smallest absolute Gasteiger partial charge is 0.218 e. The van der Waals surface area contributed by atoms with Gasteiger partial charge in [-0.3, -0.25) is 0 Å². The molecule has 0 aromatic carbocycles. The van der Waals surface area contributed by atoms with E-state index in [-0.39, 0.29) is 0 Å². The van der Waals surface area contributed by atoms with E-state index < -0.39 is 0 Å². The first kappa shape index (κ1) is 14.2. The number of rotatable bonds is 6. The van der Waals surface area contributed by atoms with Crippen LogP contribution in [0.3, 0.4) is 0 Å². The van der Waals surface area contributed by atoms with Crippen LogP contribution >= 0.6 is 22.9 Å². The van der Waals surface area contributed by atoms with Gasteiger partial charge in [0.05, 0.1) is 17.8 Å². The van der Waals surface area contributed by atoms with Gasteiger partial charge in [-0.25, -0.2) is 9.97 Å². The second-order valence-electron chi connectivity index (χ2n) is 3.84. The lowest BCUT2D eigenvalue weighted by molar-refractivity contribution is 0.176. The van der Waals surface area contributed by atoms with Gasteiger partial charge < -0.3 is 9.47 Å². The van der Waals surface area contributed by atoms with Crippen molar-refractivity contribution in [1.29, 1.82) is 0 Å². The van der Waals surface area contributed by atoms with E-state index in [9.17, 15) is 0 Å². The molecule has 0 radical (unpaired) electrons. The van der Waals surface area contributed by atoms with E-state index in [1.807, 2.05) is 12.4 Å². The molecular weight excluding hydrogens is 286 g/mol. The van der Waals surface area contributed by atoms with Gasteiger partial charge in [-0.05, 0) is 6.92 Å². The topological polar surface area (TPSA) is 57.1 Å². The highest BCUT2D eigenvalue weighted by atomic mass is 35.5. The third-order valence-electron chi connectivity index (χ3n) is 2.42. The lowest BCUT2D eigenvalue weighted by Crippen LogP contribution is -2.05. The predicted octanol–water partition coefficient (Wildman–Crippen LogP) is 2.66. The van der Waals surface area contributed by atoms with Crippen LogP contribution in [0, 0.1) is 6.92 Å². The fourth-order valence-electron chi connectivity index (χ4n) is 1.52. The zero-order chi connectivity index (χ0) is 13.7. The first-order chi connectivity index (χ1) is 9.19. The van der Waals surface area contributed by atoms with Crippen LogP contribution < -0.4 is 4.74 Å². The first-order valence-electron chi connectivity index (χ1n) is 5.73. The largest absolute Gasteiger partial charge is 0.477 e. The third kappa shape index (κ3) is 4.12. The summed E-state index contributed by atoms with van der Waals surface area (Å²) in [7, 11) is 1.58. The van der Waals surface area contributed by atoms with Crippen molar-refractivity contribution >= 4 is 22.9 Å². The van der Waals surface area contributed by atoms with Crippen LogP contribution in [0.25, 0.3) is 0 Å². The second kappa shape index (κ2) is 6.79. The number of nitrogens with zero attached hydrogens (tertiary/aromatic N) is 3. The van der Waals surface area contributed by atoms with Crippen molar-refractivity contribution in [1.82, 2.24) is 15.0 Å². The van der Waals surface area contributed by atoms with E-state index in [0.29, 0.717) is 30.1 Å². The lowest BCUT2D eigenvalue weighted by atomic mass is 10.3. The van der Waals surface area contributed by atoms with Crippen molar-refractivity contribution in [3.05, 3.63) is 33.1 Å². The molecule has 0 amide bonds. The molecule has 102 valence electrons. The van der Waals surface area contributed by atoms with Crippen molar-refractivity contribution in [2.75, 3.05) is 13.7 Å². The maximum absolute atomic E-state index is 5.89. The Bertz CT molecular complexity index is 548. The van der Waals surface area contributed by atoms with Crippen molar-refractivity contribution in [3.8, 4) is 5.88 Å². The van der Waals surface area contributed by atoms with Gasteiger partial charge in [0.1, 0.15) is 11.8 Å². The number of ether oxygens (including phenoxy) is 2. The van der Waals surface area contributed by atoms with Gasteiger partial charge in [-0.1, -0.05) is 11.6 Å². The summed E-state index contributed by atoms with van der Waals surface area (Å²) in [5, 5.41) is 0.353. The van der Waals surface area contributed by atoms with Crippen molar-refractivity contribution in [2.45, 2.75) is 20.0 Å². The highest BCUT2D eigenvalue weighted by molar-refractivity contribution is 7.09. The minimum absolute atomic E-state index is 0.310. The van der Waals surface area contributed by atoms with E-state index in [1.165, 1.54) is 4.88 Å². The maximum Gasteiger partial charge on any atom is 0.218 e. The zero-order valence-electron chi connectivity index (χ0n) is 10.7. The molecular formula is C12H14ClN3O2S. The first-order valence-corrected chi connectivity index (χ1v) is 6.99. The molecule has 0 N–H and O–H groups in total. The average molecular weight is 300 g/mol. The fourth-order valence-corrected chi connectivity index (χ4v) is 2.48. The Kier molecular flexibility index (Phi) is 5.07. The van der Waals surface area contributed by atoms with Crippen LogP contribution in [-0.2, 0) is 17.8 Å². The maximum atomic E-state index is 5.89. The Morgan fingerprint density at radius 2 is 2.21 bits per heavy atom. The molecule has 5 nitrogen and oxygen atoms in total. The van der Waals surface area contributed by atoms with Gasteiger partial charge in [0.2, 0.25) is 5.88 Å². The molecule has 0 aliphatic carbocycles. The van der Waals surface area contributed by atoms with Gasteiger partial charge in [-0.15, -0.1) is 11.3 Å². The van der Waals surface area contributed by atoms with E-state index in [2.05, 4.69) is 15.0 Å². The Labute approximate surface area is 120 Å². The van der Waals surface area contributed by atoms with Crippen molar-refractivity contribution < 1.29 is 9.47 Å². The monoisotopic (exact) mass is 299 g/mol. The molecule has 0 aliphatic rings. The number of hydrogen-bond donors (Lipinski definition) is 0.